The zero-order valence-electron chi connectivity index (χ0n) is 16.4. The van der Waals surface area contributed by atoms with Gasteiger partial charge in [0, 0.05) is 0 Å². The molecule has 1 saturated heterocycles. The molecule has 24 heavy (non-hydrogen) atoms. The Morgan fingerprint density at radius 2 is 1.83 bits per heavy atom. The number of hydrogen-bond acceptors (Lipinski definition) is 4. The van der Waals surface area contributed by atoms with Gasteiger partial charge in [0.15, 0.2) is 8.32 Å². The largest absolute Gasteiger partial charge is 0.443 e. The quantitative estimate of drug-likeness (QED) is 0.551. The lowest BCUT2D eigenvalue weighted by Gasteiger charge is -2.40. The monoisotopic (exact) mass is 355 g/mol. The van der Waals surface area contributed by atoms with Crippen LogP contribution in [0.3, 0.4) is 0 Å². The van der Waals surface area contributed by atoms with E-state index in [4.69, 9.17) is 9.16 Å². The Labute approximate surface area is 147 Å². The van der Waals surface area contributed by atoms with Gasteiger partial charge in [-0.05, 0) is 45.3 Å². The van der Waals surface area contributed by atoms with Crippen LogP contribution in [-0.4, -0.2) is 43.0 Å². The zero-order chi connectivity index (χ0) is 18.9. The second-order valence-corrected chi connectivity index (χ2v) is 13.7. The molecule has 0 radical (unpaired) electrons. The summed E-state index contributed by atoms with van der Waals surface area (Å²) in [5, 5.41) is 0.0358. The predicted octanol–water partition coefficient (Wildman–Crippen LogP) is 4.49. The van der Waals surface area contributed by atoms with E-state index in [2.05, 4.69) is 40.4 Å². The van der Waals surface area contributed by atoms with E-state index < -0.39 is 20.0 Å². The number of hydrogen-bond donors (Lipinski definition) is 0. The number of imide groups is 1. The van der Waals surface area contributed by atoms with E-state index in [1.807, 2.05) is 0 Å². The first kappa shape index (κ1) is 20.9. The van der Waals surface area contributed by atoms with Crippen molar-refractivity contribution in [3.63, 3.8) is 0 Å². The Hall–Kier alpha value is -1.14. The van der Waals surface area contributed by atoms with Crippen molar-refractivity contribution in [2.45, 2.75) is 90.3 Å². The first-order valence-corrected chi connectivity index (χ1v) is 11.4. The van der Waals surface area contributed by atoms with Crippen molar-refractivity contribution in [2.24, 2.45) is 0 Å². The van der Waals surface area contributed by atoms with Gasteiger partial charge in [0.1, 0.15) is 5.60 Å². The summed E-state index contributed by atoms with van der Waals surface area (Å²) in [6, 6.07) is -0.348. The van der Waals surface area contributed by atoms with Crippen molar-refractivity contribution in [2.75, 3.05) is 0 Å². The van der Waals surface area contributed by atoms with Crippen LogP contribution in [0.1, 0.15) is 54.4 Å². The Bertz CT molecular complexity index is 502. The molecule has 1 rings (SSSR count). The van der Waals surface area contributed by atoms with Gasteiger partial charge in [-0.3, -0.25) is 4.79 Å². The Morgan fingerprint density at radius 1 is 1.29 bits per heavy atom. The summed E-state index contributed by atoms with van der Waals surface area (Å²) in [6.45, 7) is 19.9. The standard InChI is InChI=1S/C18H33NO4Si/c1-10-11-13-14(23-24(8,9)18(5,6)7)12-15(20)19(13)16(21)22-17(2,3)4/h10,13-14H,1,11-12H2,2-9H3/t13-,14+/m0/s1. The molecule has 2 atom stereocenters. The van der Waals surface area contributed by atoms with E-state index in [9.17, 15) is 9.59 Å². The van der Waals surface area contributed by atoms with Crippen LogP contribution in [0.25, 0.3) is 0 Å². The molecule has 1 fully saturated rings. The van der Waals surface area contributed by atoms with Crippen LogP contribution in [-0.2, 0) is 14.0 Å². The molecule has 1 heterocycles. The average Bonchev–Trinajstić information content (AvgIpc) is 2.61. The second kappa shape index (κ2) is 7.00. The van der Waals surface area contributed by atoms with E-state index in [1.165, 1.54) is 4.90 Å². The first-order valence-electron chi connectivity index (χ1n) is 8.53. The van der Waals surface area contributed by atoms with Gasteiger partial charge in [0.25, 0.3) is 0 Å². The van der Waals surface area contributed by atoms with Gasteiger partial charge < -0.3 is 9.16 Å². The van der Waals surface area contributed by atoms with Crippen LogP contribution < -0.4 is 0 Å². The Morgan fingerprint density at radius 3 is 2.25 bits per heavy atom. The van der Waals surface area contributed by atoms with E-state index >= 15 is 0 Å². The summed E-state index contributed by atoms with van der Waals surface area (Å²) in [6.07, 6.45) is 1.54. The molecule has 0 N–H and O–H groups in total. The van der Waals surface area contributed by atoms with Gasteiger partial charge in [-0.25, -0.2) is 9.69 Å². The maximum Gasteiger partial charge on any atom is 0.417 e. The van der Waals surface area contributed by atoms with Crippen LogP contribution in [0.5, 0.6) is 0 Å². The molecule has 0 bridgehead atoms. The number of nitrogens with zero attached hydrogens (tertiary/aromatic N) is 1. The summed E-state index contributed by atoms with van der Waals surface area (Å²) in [5.74, 6) is -0.236. The molecule has 0 aromatic rings. The molecule has 1 aliphatic rings. The summed E-state index contributed by atoms with van der Waals surface area (Å²) >= 11 is 0. The van der Waals surface area contributed by atoms with Crippen LogP contribution >= 0.6 is 0 Å². The smallest absolute Gasteiger partial charge is 0.417 e. The third-order valence-electron chi connectivity index (χ3n) is 4.66. The predicted molar refractivity (Wildman–Crippen MR) is 98.4 cm³/mol. The minimum atomic E-state index is -2.05. The number of ether oxygens (including phenoxy) is 1. The topological polar surface area (TPSA) is 55.8 Å². The van der Waals surface area contributed by atoms with Crippen molar-refractivity contribution in [1.29, 1.82) is 0 Å². The highest BCUT2D eigenvalue weighted by molar-refractivity contribution is 6.74. The number of amides is 2. The second-order valence-electron chi connectivity index (χ2n) is 8.96. The third kappa shape index (κ3) is 4.93. The number of carbonyl (C=O) groups is 2. The fraction of sp³-hybridized carbons (Fsp3) is 0.778. The van der Waals surface area contributed by atoms with Crippen molar-refractivity contribution < 1.29 is 18.8 Å². The number of likely N-dealkylation sites (tertiary alicyclic amines) is 1. The molecular formula is C18H33NO4Si. The minimum Gasteiger partial charge on any atom is -0.443 e. The van der Waals surface area contributed by atoms with Crippen LogP contribution in [0.2, 0.25) is 18.1 Å². The van der Waals surface area contributed by atoms with Crippen molar-refractivity contribution in [3.05, 3.63) is 12.7 Å². The highest BCUT2D eigenvalue weighted by atomic mass is 28.4. The van der Waals surface area contributed by atoms with E-state index in [0.717, 1.165) is 0 Å². The number of rotatable bonds is 4. The molecule has 0 unspecified atom stereocenters. The molecule has 138 valence electrons. The van der Waals surface area contributed by atoms with Gasteiger partial charge in [-0.15, -0.1) is 6.58 Å². The van der Waals surface area contributed by atoms with Gasteiger partial charge in [0.05, 0.1) is 18.6 Å². The molecular weight excluding hydrogens is 322 g/mol. The Kier molecular flexibility index (Phi) is 6.10. The molecule has 0 aliphatic carbocycles. The van der Waals surface area contributed by atoms with Gasteiger partial charge in [-0.2, -0.15) is 0 Å². The molecule has 0 spiro atoms. The van der Waals surface area contributed by atoms with Crippen molar-refractivity contribution >= 4 is 20.3 Å². The normalized spacial score (nSPS) is 22.7. The molecule has 2 amide bonds. The first-order chi connectivity index (χ1) is 10.7. The summed E-state index contributed by atoms with van der Waals surface area (Å²) < 4.78 is 11.8. The van der Waals surface area contributed by atoms with Gasteiger partial charge in [-0.1, -0.05) is 26.8 Å². The SMILES string of the molecule is C=CC[C@H]1[C@H](O[Si](C)(C)C(C)(C)C)CC(=O)N1C(=O)OC(C)(C)C. The van der Waals surface area contributed by atoms with Crippen molar-refractivity contribution in [1.82, 2.24) is 4.90 Å². The summed E-state index contributed by atoms with van der Waals surface area (Å²) in [5.41, 5.74) is -0.644. The molecule has 6 heteroatoms. The van der Waals surface area contributed by atoms with E-state index in [1.54, 1.807) is 26.8 Å². The molecule has 5 nitrogen and oxygen atoms in total. The number of carbonyl (C=O) groups excluding carboxylic acids is 2. The fourth-order valence-electron chi connectivity index (χ4n) is 2.41. The van der Waals surface area contributed by atoms with Crippen LogP contribution in [0.15, 0.2) is 12.7 Å². The van der Waals surface area contributed by atoms with E-state index in [-0.39, 0.29) is 29.5 Å². The van der Waals surface area contributed by atoms with Crippen LogP contribution in [0, 0.1) is 0 Å². The van der Waals surface area contributed by atoms with Gasteiger partial charge in [0.2, 0.25) is 5.91 Å². The summed E-state index contributed by atoms with van der Waals surface area (Å²) in [7, 11) is -2.05. The average molecular weight is 356 g/mol. The molecule has 0 aromatic heterocycles. The Balaban J connectivity index is 3.03. The van der Waals surface area contributed by atoms with E-state index in [0.29, 0.717) is 6.42 Å². The molecule has 0 saturated carbocycles. The minimum absolute atomic E-state index is 0.0358. The lowest BCUT2D eigenvalue weighted by molar-refractivity contribution is -0.128. The van der Waals surface area contributed by atoms with Gasteiger partial charge >= 0.3 is 6.09 Å². The zero-order valence-corrected chi connectivity index (χ0v) is 17.4. The van der Waals surface area contributed by atoms with Crippen LogP contribution in [0.4, 0.5) is 4.79 Å². The maximum atomic E-state index is 12.5. The summed E-state index contributed by atoms with van der Waals surface area (Å²) in [4.78, 5) is 26.2. The lowest BCUT2D eigenvalue weighted by atomic mass is 10.1. The highest BCUT2D eigenvalue weighted by Gasteiger charge is 2.49. The molecule has 1 aliphatic heterocycles. The maximum absolute atomic E-state index is 12.5. The lowest BCUT2D eigenvalue weighted by Crippen LogP contribution is -2.49. The molecule has 0 aromatic carbocycles. The highest BCUT2D eigenvalue weighted by Crippen LogP contribution is 2.40. The van der Waals surface area contributed by atoms with Crippen molar-refractivity contribution in [3.8, 4) is 0 Å². The third-order valence-corrected chi connectivity index (χ3v) is 9.16. The fourth-order valence-corrected chi connectivity index (χ4v) is 3.76.